The van der Waals surface area contributed by atoms with Crippen molar-refractivity contribution in [3.05, 3.63) is 28.8 Å². The number of benzene rings is 1. The summed E-state index contributed by atoms with van der Waals surface area (Å²) in [7, 11) is 0. The van der Waals surface area contributed by atoms with Gasteiger partial charge < -0.3 is 10.2 Å². The molecule has 1 N–H and O–H groups in total. The number of carbonyl (C=O) groups is 1. The van der Waals surface area contributed by atoms with Crippen LogP contribution < -0.4 is 5.32 Å². The van der Waals surface area contributed by atoms with Crippen LogP contribution in [0.4, 0.5) is 5.69 Å². The Hall–Kier alpha value is -1.73. The molecule has 21 heavy (non-hydrogen) atoms. The number of nitrogens with zero attached hydrogens (tertiary/aromatic N) is 2. The average molecular weight is 308 g/mol. The standard InChI is InChI=1S/C16H22ClN3O/c1-4-8-19-15-7-6-13(17)9-14(15)16(21)20(5-2)11-12(3)10-18/h6-7,9,12,19H,4-5,8,11H2,1-3H3. The maximum Gasteiger partial charge on any atom is 0.256 e. The van der Waals surface area contributed by atoms with E-state index in [0.29, 0.717) is 23.7 Å². The fourth-order valence-corrected chi connectivity index (χ4v) is 2.18. The molecule has 0 aliphatic rings. The normalized spacial score (nSPS) is 11.6. The molecule has 0 heterocycles. The molecule has 0 aliphatic heterocycles. The molecule has 5 heteroatoms. The minimum Gasteiger partial charge on any atom is -0.384 e. The molecule has 0 aromatic heterocycles. The zero-order valence-corrected chi connectivity index (χ0v) is 13.6. The van der Waals surface area contributed by atoms with Gasteiger partial charge in [-0.05, 0) is 38.5 Å². The highest BCUT2D eigenvalue weighted by atomic mass is 35.5. The van der Waals surface area contributed by atoms with Crippen LogP contribution in [0.3, 0.4) is 0 Å². The summed E-state index contributed by atoms with van der Waals surface area (Å²) in [5, 5.41) is 12.7. The second kappa shape index (κ2) is 8.53. The van der Waals surface area contributed by atoms with Crippen molar-refractivity contribution in [1.82, 2.24) is 4.90 Å². The minimum atomic E-state index is -0.194. The number of rotatable bonds is 7. The molecule has 0 saturated carbocycles. The van der Waals surface area contributed by atoms with E-state index in [4.69, 9.17) is 16.9 Å². The summed E-state index contributed by atoms with van der Waals surface area (Å²) in [6, 6.07) is 7.44. The maximum absolute atomic E-state index is 12.7. The third-order valence-electron chi connectivity index (χ3n) is 3.16. The van der Waals surface area contributed by atoms with Gasteiger partial charge in [-0.1, -0.05) is 18.5 Å². The summed E-state index contributed by atoms with van der Waals surface area (Å²) in [5.74, 6) is -0.291. The summed E-state index contributed by atoms with van der Waals surface area (Å²) in [6.07, 6.45) is 0.971. The predicted molar refractivity (Wildman–Crippen MR) is 86.6 cm³/mol. The Kier molecular flexibility index (Phi) is 7.04. The maximum atomic E-state index is 12.7. The third kappa shape index (κ3) is 4.95. The Labute approximate surface area is 131 Å². The van der Waals surface area contributed by atoms with Crippen molar-refractivity contribution in [3.8, 4) is 6.07 Å². The van der Waals surface area contributed by atoms with Gasteiger partial charge in [0.1, 0.15) is 0 Å². The summed E-state index contributed by atoms with van der Waals surface area (Å²) in [5.41, 5.74) is 1.34. The first kappa shape index (κ1) is 17.3. The number of amides is 1. The molecule has 1 atom stereocenters. The van der Waals surface area contributed by atoms with E-state index in [-0.39, 0.29) is 11.8 Å². The lowest BCUT2D eigenvalue weighted by atomic mass is 10.1. The Morgan fingerprint density at radius 3 is 2.76 bits per heavy atom. The first-order valence-corrected chi connectivity index (χ1v) is 7.63. The number of hydrogen-bond acceptors (Lipinski definition) is 3. The van der Waals surface area contributed by atoms with Crippen LogP contribution in [0.1, 0.15) is 37.6 Å². The zero-order valence-electron chi connectivity index (χ0n) is 12.8. The van der Waals surface area contributed by atoms with Crippen molar-refractivity contribution in [3.63, 3.8) is 0 Å². The van der Waals surface area contributed by atoms with Gasteiger partial charge in [-0.2, -0.15) is 5.26 Å². The van der Waals surface area contributed by atoms with E-state index in [1.807, 2.05) is 19.9 Å². The van der Waals surface area contributed by atoms with Crippen molar-refractivity contribution >= 4 is 23.2 Å². The molecular formula is C16H22ClN3O. The van der Waals surface area contributed by atoms with E-state index < -0.39 is 0 Å². The van der Waals surface area contributed by atoms with Crippen LogP contribution in [0.2, 0.25) is 5.02 Å². The fourth-order valence-electron chi connectivity index (χ4n) is 2.00. The van der Waals surface area contributed by atoms with Crippen molar-refractivity contribution in [2.45, 2.75) is 27.2 Å². The molecule has 1 aromatic rings. The SMILES string of the molecule is CCCNc1ccc(Cl)cc1C(=O)N(CC)CC(C)C#N. The quantitative estimate of drug-likeness (QED) is 0.834. The Balaban J connectivity index is 3.03. The number of carbonyl (C=O) groups excluding carboxylic acids is 1. The number of nitriles is 1. The molecule has 0 bridgehead atoms. The van der Waals surface area contributed by atoms with E-state index >= 15 is 0 Å². The van der Waals surface area contributed by atoms with E-state index in [1.165, 1.54) is 0 Å². The van der Waals surface area contributed by atoms with Crippen LogP contribution in [0.25, 0.3) is 0 Å². The highest BCUT2D eigenvalue weighted by molar-refractivity contribution is 6.31. The lowest BCUT2D eigenvalue weighted by Gasteiger charge is -2.23. The Morgan fingerprint density at radius 2 is 2.19 bits per heavy atom. The Bertz CT molecular complexity index is 525. The molecule has 1 aromatic carbocycles. The van der Waals surface area contributed by atoms with Gasteiger partial charge in [0.2, 0.25) is 0 Å². The van der Waals surface area contributed by atoms with Crippen LogP contribution in [0.5, 0.6) is 0 Å². The van der Waals surface area contributed by atoms with Gasteiger partial charge in [0.15, 0.2) is 0 Å². The molecule has 0 fully saturated rings. The van der Waals surface area contributed by atoms with Gasteiger partial charge in [0.25, 0.3) is 5.91 Å². The van der Waals surface area contributed by atoms with Crippen molar-refractivity contribution in [2.75, 3.05) is 25.0 Å². The Morgan fingerprint density at radius 1 is 1.48 bits per heavy atom. The molecule has 0 aliphatic carbocycles. The first-order valence-electron chi connectivity index (χ1n) is 7.25. The summed E-state index contributed by atoms with van der Waals surface area (Å²) < 4.78 is 0. The second-order valence-electron chi connectivity index (χ2n) is 4.99. The summed E-state index contributed by atoms with van der Waals surface area (Å²) in [6.45, 7) is 7.56. The number of anilines is 1. The van der Waals surface area contributed by atoms with E-state index in [1.54, 1.807) is 17.0 Å². The molecular weight excluding hydrogens is 286 g/mol. The fraction of sp³-hybridized carbons (Fsp3) is 0.500. The zero-order chi connectivity index (χ0) is 15.8. The van der Waals surface area contributed by atoms with Crippen LogP contribution in [-0.4, -0.2) is 30.4 Å². The molecule has 0 spiro atoms. The van der Waals surface area contributed by atoms with Gasteiger partial charge in [0.05, 0.1) is 17.6 Å². The smallest absolute Gasteiger partial charge is 0.256 e. The van der Waals surface area contributed by atoms with Gasteiger partial charge in [0, 0.05) is 30.3 Å². The van der Waals surface area contributed by atoms with Crippen molar-refractivity contribution in [1.29, 1.82) is 5.26 Å². The monoisotopic (exact) mass is 307 g/mol. The highest BCUT2D eigenvalue weighted by Crippen LogP contribution is 2.22. The molecule has 4 nitrogen and oxygen atoms in total. The number of halogens is 1. The van der Waals surface area contributed by atoms with Crippen LogP contribution in [0.15, 0.2) is 18.2 Å². The second-order valence-corrected chi connectivity index (χ2v) is 5.43. The molecule has 0 radical (unpaired) electrons. The third-order valence-corrected chi connectivity index (χ3v) is 3.40. The van der Waals surface area contributed by atoms with Crippen LogP contribution in [-0.2, 0) is 0 Å². The van der Waals surface area contributed by atoms with E-state index in [0.717, 1.165) is 18.7 Å². The molecule has 1 unspecified atom stereocenters. The number of hydrogen-bond donors (Lipinski definition) is 1. The van der Waals surface area contributed by atoms with Crippen molar-refractivity contribution in [2.24, 2.45) is 5.92 Å². The minimum absolute atomic E-state index is 0.0966. The lowest BCUT2D eigenvalue weighted by molar-refractivity contribution is 0.0753. The van der Waals surface area contributed by atoms with E-state index in [2.05, 4.69) is 18.3 Å². The van der Waals surface area contributed by atoms with Gasteiger partial charge in [-0.3, -0.25) is 4.79 Å². The number of nitrogens with one attached hydrogen (secondary N) is 1. The lowest BCUT2D eigenvalue weighted by Crippen LogP contribution is -2.34. The summed E-state index contributed by atoms with van der Waals surface area (Å²) in [4.78, 5) is 14.4. The molecule has 1 rings (SSSR count). The van der Waals surface area contributed by atoms with Crippen LogP contribution in [0, 0.1) is 17.2 Å². The topological polar surface area (TPSA) is 56.1 Å². The first-order chi connectivity index (χ1) is 10.0. The van der Waals surface area contributed by atoms with Crippen molar-refractivity contribution < 1.29 is 4.79 Å². The molecule has 1 amide bonds. The average Bonchev–Trinajstić information content (AvgIpc) is 2.50. The van der Waals surface area contributed by atoms with Gasteiger partial charge in [-0.15, -0.1) is 0 Å². The van der Waals surface area contributed by atoms with Crippen LogP contribution >= 0.6 is 11.6 Å². The van der Waals surface area contributed by atoms with E-state index in [9.17, 15) is 4.79 Å². The largest absolute Gasteiger partial charge is 0.384 e. The predicted octanol–water partition coefficient (Wildman–Crippen LogP) is 3.78. The highest BCUT2D eigenvalue weighted by Gasteiger charge is 2.19. The van der Waals surface area contributed by atoms with Gasteiger partial charge in [-0.25, -0.2) is 0 Å². The molecule has 114 valence electrons. The summed E-state index contributed by atoms with van der Waals surface area (Å²) >= 11 is 6.02. The van der Waals surface area contributed by atoms with Gasteiger partial charge >= 0.3 is 0 Å². The molecule has 0 saturated heterocycles.